The third-order valence-corrected chi connectivity index (χ3v) is 11.6. The first kappa shape index (κ1) is 27.6. The predicted molar refractivity (Wildman–Crippen MR) is 139 cm³/mol. The lowest BCUT2D eigenvalue weighted by Gasteiger charge is -2.08. The molecule has 2 unspecified atom stereocenters. The van der Waals surface area contributed by atoms with Gasteiger partial charge < -0.3 is 9.47 Å². The zero-order valence-corrected chi connectivity index (χ0v) is 22.1. The Hall–Kier alpha value is 0.340. The van der Waals surface area contributed by atoms with Gasteiger partial charge in [0.2, 0.25) is 0 Å². The third kappa shape index (κ3) is 15.0. The standard InChI is InChI=1S/C23H40O4S4/c24-22(12-6-4-10-20-14-18-28-30-20)26-16-8-2-1-3-9-17-27-23(25)13-7-5-11-21-15-19-29-31-21/h20-21H,1-19H2. The maximum Gasteiger partial charge on any atom is 0.305 e. The molecule has 0 spiro atoms. The van der Waals surface area contributed by atoms with Crippen molar-refractivity contribution in [3.63, 3.8) is 0 Å². The van der Waals surface area contributed by atoms with E-state index in [1.54, 1.807) is 0 Å². The van der Waals surface area contributed by atoms with Gasteiger partial charge in [-0.1, -0.05) is 75.3 Å². The number of rotatable bonds is 18. The van der Waals surface area contributed by atoms with Gasteiger partial charge in [-0.3, -0.25) is 9.59 Å². The topological polar surface area (TPSA) is 52.6 Å². The summed E-state index contributed by atoms with van der Waals surface area (Å²) in [4.78, 5) is 23.5. The van der Waals surface area contributed by atoms with E-state index in [0.717, 1.165) is 68.3 Å². The van der Waals surface area contributed by atoms with E-state index in [2.05, 4.69) is 0 Å². The van der Waals surface area contributed by atoms with Gasteiger partial charge in [-0.15, -0.1) is 0 Å². The van der Waals surface area contributed by atoms with Gasteiger partial charge >= 0.3 is 11.9 Å². The molecule has 0 amide bonds. The first-order chi connectivity index (χ1) is 15.2. The molecule has 2 heterocycles. The molecule has 0 bridgehead atoms. The fourth-order valence-corrected chi connectivity index (χ4v) is 9.72. The van der Waals surface area contributed by atoms with Crippen molar-refractivity contribution in [1.29, 1.82) is 0 Å². The Balaban J connectivity index is 1.26. The number of unbranched alkanes of at least 4 members (excludes halogenated alkanes) is 6. The Labute approximate surface area is 205 Å². The van der Waals surface area contributed by atoms with Crippen LogP contribution in [0.2, 0.25) is 0 Å². The van der Waals surface area contributed by atoms with Gasteiger partial charge in [-0.05, 0) is 51.4 Å². The highest BCUT2D eigenvalue weighted by Gasteiger charge is 2.16. The lowest BCUT2D eigenvalue weighted by molar-refractivity contribution is -0.144. The molecule has 0 aliphatic carbocycles. The highest BCUT2D eigenvalue weighted by atomic mass is 33.1. The Kier molecular flexibility index (Phi) is 16.7. The monoisotopic (exact) mass is 508 g/mol. The third-order valence-electron chi connectivity index (χ3n) is 5.58. The molecule has 0 radical (unpaired) electrons. The summed E-state index contributed by atoms with van der Waals surface area (Å²) in [6, 6.07) is 0. The highest BCUT2D eigenvalue weighted by Crippen LogP contribution is 2.40. The second-order valence-corrected chi connectivity index (χ2v) is 13.9. The van der Waals surface area contributed by atoms with Crippen molar-refractivity contribution < 1.29 is 19.1 Å². The van der Waals surface area contributed by atoms with Crippen molar-refractivity contribution in [3.05, 3.63) is 0 Å². The van der Waals surface area contributed by atoms with Crippen LogP contribution in [0.5, 0.6) is 0 Å². The van der Waals surface area contributed by atoms with Crippen LogP contribution in [0.15, 0.2) is 0 Å². The fraction of sp³-hybridized carbons (Fsp3) is 0.913. The number of carbonyl (C=O) groups is 2. The second-order valence-electron chi connectivity index (χ2n) is 8.36. The van der Waals surface area contributed by atoms with Gasteiger partial charge in [0.1, 0.15) is 0 Å². The van der Waals surface area contributed by atoms with Crippen molar-refractivity contribution in [2.24, 2.45) is 0 Å². The summed E-state index contributed by atoms with van der Waals surface area (Å²) in [7, 11) is 7.98. The molecule has 0 saturated carbocycles. The van der Waals surface area contributed by atoms with Gasteiger partial charge in [0, 0.05) is 34.8 Å². The number of esters is 2. The van der Waals surface area contributed by atoms with Crippen molar-refractivity contribution in [1.82, 2.24) is 0 Å². The van der Waals surface area contributed by atoms with Gasteiger partial charge in [0.15, 0.2) is 0 Å². The summed E-state index contributed by atoms with van der Waals surface area (Å²) < 4.78 is 10.7. The summed E-state index contributed by atoms with van der Waals surface area (Å²) in [6.45, 7) is 1.09. The number of carbonyl (C=O) groups excluding carboxylic acids is 2. The highest BCUT2D eigenvalue weighted by molar-refractivity contribution is 8.77. The molecule has 0 aromatic heterocycles. The molecule has 2 aliphatic heterocycles. The summed E-state index contributed by atoms with van der Waals surface area (Å²) in [5.74, 6) is 2.48. The quantitative estimate of drug-likeness (QED) is 0.107. The molecular weight excluding hydrogens is 469 g/mol. The summed E-state index contributed by atoms with van der Waals surface area (Å²) in [5.41, 5.74) is 0. The molecule has 0 N–H and O–H groups in total. The lowest BCUT2D eigenvalue weighted by Crippen LogP contribution is -2.07. The van der Waals surface area contributed by atoms with Gasteiger partial charge in [0.25, 0.3) is 0 Å². The number of hydrogen-bond acceptors (Lipinski definition) is 8. The minimum Gasteiger partial charge on any atom is -0.466 e. The minimum atomic E-state index is -0.0405. The molecule has 2 aliphatic rings. The van der Waals surface area contributed by atoms with Crippen molar-refractivity contribution in [2.75, 3.05) is 24.7 Å². The molecule has 2 atom stereocenters. The SMILES string of the molecule is O=C(CCCCC1CCSS1)OCCCCCCCOC(=O)CCCCC1CCSS1. The molecule has 2 saturated heterocycles. The molecule has 8 heteroatoms. The van der Waals surface area contributed by atoms with Gasteiger partial charge in [-0.25, -0.2) is 0 Å². The van der Waals surface area contributed by atoms with E-state index < -0.39 is 0 Å². The van der Waals surface area contributed by atoms with Crippen LogP contribution in [0.4, 0.5) is 0 Å². The molecule has 2 fully saturated rings. The molecule has 31 heavy (non-hydrogen) atoms. The first-order valence-electron chi connectivity index (χ1n) is 12.1. The molecule has 0 aromatic rings. The van der Waals surface area contributed by atoms with Crippen LogP contribution >= 0.6 is 43.2 Å². The summed E-state index contributed by atoms with van der Waals surface area (Å²) >= 11 is 0. The Bertz CT molecular complexity index is 438. The Morgan fingerprint density at radius 1 is 0.613 bits per heavy atom. The van der Waals surface area contributed by atoms with E-state index in [9.17, 15) is 9.59 Å². The molecule has 0 aromatic carbocycles. The molecule has 180 valence electrons. The predicted octanol–water partition coefficient (Wildman–Crippen LogP) is 7.45. The van der Waals surface area contributed by atoms with Crippen molar-refractivity contribution in [3.8, 4) is 0 Å². The van der Waals surface area contributed by atoms with E-state index in [1.807, 2.05) is 43.2 Å². The Morgan fingerprint density at radius 3 is 1.48 bits per heavy atom. The normalized spacial score (nSPS) is 20.8. The maximum atomic E-state index is 11.8. The minimum absolute atomic E-state index is 0.0405. The second kappa shape index (κ2) is 18.7. The van der Waals surface area contributed by atoms with E-state index in [1.165, 1.54) is 37.2 Å². The first-order valence-corrected chi connectivity index (χ1v) is 16.9. The van der Waals surface area contributed by atoms with Crippen LogP contribution in [0, 0.1) is 0 Å². The fourth-order valence-electron chi connectivity index (χ4n) is 3.66. The van der Waals surface area contributed by atoms with E-state index in [0.29, 0.717) is 26.1 Å². The maximum absolute atomic E-state index is 11.8. The average Bonchev–Trinajstić information content (AvgIpc) is 3.47. The lowest BCUT2D eigenvalue weighted by atomic mass is 10.1. The van der Waals surface area contributed by atoms with Crippen LogP contribution in [0.1, 0.15) is 96.3 Å². The van der Waals surface area contributed by atoms with Crippen LogP contribution in [-0.4, -0.2) is 47.2 Å². The van der Waals surface area contributed by atoms with Gasteiger partial charge in [-0.2, -0.15) is 0 Å². The van der Waals surface area contributed by atoms with Crippen LogP contribution in [-0.2, 0) is 19.1 Å². The summed E-state index contributed by atoms with van der Waals surface area (Å²) in [6.07, 6.45) is 15.5. The zero-order chi connectivity index (χ0) is 22.0. The van der Waals surface area contributed by atoms with Crippen molar-refractivity contribution in [2.45, 2.75) is 107 Å². The van der Waals surface area contributed by atoms with E-state index in [4.69, 9.17) is 9.47 Å². The molecular formula is C23H40O4S4. The molecule has 4 nitrogen and oxygen atoms in total. The largest absolute Gasteiger partial charge is 0.466 e. The average molecular weight is 509 g/mol. The van der Waals surface area contributed by atoms with Gasteiger partial charge in [0.05, 0.1) is 13.2 Å². The zero-order valence-electron chi connectivity index (χ0n) is 18.9. The van der Waals surface area contributed by atoms with E-state index in [-0.39, 0.29) is 11.9 Å². The van der Waals surface area contributed by atoms with Crippen molar-refractivity contribution >= 4 is 55.1 Å². The van der Waals surface area contributed by atoms with Crippen LogP contribution in [0.3, 0.4) is 0 Å². The van der Waals surface area contributed by atoms with Crippen LogP contribution < -0.4 is 0 Å². The Morgan fingerprint density at radius 2 is 1.06 bits per heavy atom. The number of ether oxygens (including phenoxy) is 2. The van der Waals surface area contributed by atoms with Crippen LogP contribution in [0.25, 0.3) is 0 Å². The smallest absolute Gasteiger partial charge is 0.305 e. The summed E-state index contributed by atoms with van der Waals surface area (Å²) in [5, 5.41) is 1.60. The number of hydrogen-bond donors (Lipinski definition) is 0. The van der Waals surface area contributed by atoms with E-state index >= 15 is 0 Å². The molecule has 2 rings (SSSR count).